The van der Waals surface area contributed by atoms with Crippen LogP contribution in [0.5, 0.6) is 0 Å². The summed E-state index contributed by atoms with van der Waals surface area (Å²) in [6.07, 6.45) is -15.4. The molecular weight excluding hydrogens is 1410 g/mol. The van der Waals surface area contributed by atoms with E-state index < -0.39 is 190 Å². The molecule has 40 heteroatoms. The van der Waals surface area contributed by atoms with Crippen molar-refractivity contribution in [3.63, 3.8) is 0 Å². The number of carbonyl (C=O) groups is 5. The lowest BCUT2D eigenvalue weighted by Gasteiger charge is -2.40. The summed E-state index contributed by atoms with van der Waals surface area (Å²) < 4.78 is 96.4. The van der Waals surface area contributed by atoms with Crippen molar-refractivity contribution in [1.82, 2.24) is 36.1 Å². The first-order valence-electron chi connectivity index (χ1n) is 35.3. The van der Waals surface area contributed by atoms with Crippen LogP contribution >= 0.6 is 7.82 Å². The fourth-order valence-corrected chi connectivity index (χ4v) is 12.3. The smallest absolute Gasteiger partial charge is 0.394 e. The minimum atomic E-state index is -4.73. The van der Waals surface area contributed by atoms with Gasteiger partial charge >= 0.3 is 13.5 Å². The predicted molar refractivity (Wildman–Crippen MR) is 357 cm³/mol. The number of carbonyl (C=O) groups excluding carboxylic acids is 5. The van der Waals surface area contributed by atoms with Gasteiger partial charge in [0.05, 0.1) is 111 Å². The number of amides is 5. The molecule has 5 heterocycles. The van der Waals surface area contributed by atoms with Crippen molar-refractivity contribution in [2.75, 3.05) is 119 Å². The molecule has 0 bridgehead atoms. The molecule has 0 spiro atoms. The number of hydrogen-bond acceptors (Lipinski definition) is 30. The van der Waals surface area contributed by atoms with Crippen molar-refractivity contribution >= 4 is 37.4 Å². The molecule has 0 aliphatic carbocycles. The van der Waals surface area contributed by atoms with E-state index >= 15 is 4.39 Å². The van der Waals surface area contributed by atoms with Gasteiger partial charge in [-0.05, 0) is 45.4 Å². The number of alkyl halides is 1. The summed E-state index contributed by atoms with van der Waals surface area (Å²) in [4.78, 5) is 102. The van der Waals surface area contributed by atoms with Crippen molar-refractivity contribution < 1.29 is 145 Å². The van der Waals surface area contributed by atoms with E-state index in [4.69, 9.17) is 56.4 Å². The lowest BCUT2D eigenvalue weighted by molar-refractivity contribution is -0.282. The molecule has 4 aliphatic heterocycles. The fraction of sp³-hybridized carbons (Fsp3) is 0.859. The van der Waals surface area contributed by atoms with Gasteiger partial charge in [0, 0.05) is 88.3 Å². The first-order chi connectivity index (χ1) is 49.5. The summed E-state index contributed by atoms with van der Waals surface area (Å²) in [5.74, 6) is -4.05. The number of unbranched alkanes of at least 4 members (excludes halogenated alkanes) is 3. The van der Waals surface area contributed by atoms with Crippen molar-refractivity contribution in [3.05, 3.63) is 33.1 Å². The molecule has 1 aromatic rings. The minimum Gasteiger partial charge on any atom is -0.394 e. The molecule has 5 amide bonds. The van der Waals surface area contributed by atoms with Crippen molar-refractivity contribution in [2.24, 2.45) is 17.8 Å². The van der Waals surface area contributed by atoms with Crippen molar-refractivity contribution in [3.8, 4) is 0 Å². The van der Waals surface area contributed by atoms with Gasteiger partial charge in [0.1, 0.15) is 54.4 Å². The van der Waals surface area contributed by atoms with Gasteiger partial charge in [-0.3, -0.25) is 47.4 Å². The second-order valence-corrected chi connectivity index (χ2v) is 28.0. The number of aromatic amines is 1. The Morgan fingerprint density at radius 2 is 0.923 bits per heavy atom. The molecule has 38 nitrogen and oxygen atoms in total. The third-order valence-corrected chi connectivity index (χ3v) is 19.0. The Balaban J connectivity index is 1.11. The number of nitrogens with one attached hydrogen (secondary N) is 6. The van der Waals surface area contributed by atoms with Gasteiger partial charge in [-0.1, -0.05) is 33.6 Å². The van der Waals surface area contributed by atoms with Gasteiger partial charge in [0.25, 0.3) is 5.56 Å². The minimum absolute atomic E-state index is 0.0656. The largest absolute Gasteiger partial charge is 0.472 e. The predicted octanol–water partition coefficient (Wildman–Crippen LogP) is -4.63. The zero-order chi connectivity index (χ0) is 76.6. The van der Waals surface area contributed by atoms with Crippen molar-refractivity contribution in [2.45, 2.75) is 215 Å². The Bertz CT molecular complexity index is 2730. The van der Waals surface area contributed by atoms with E-state index in [2.05, 4.69) is 26.6 Å². The number of ether oxygens (including phenoxy) is 10. The first kappa shape index (κ1) is 89.9. The lowest BCUT2D eigenvalue weighted by Crippen LogP contribution is -2.58. The number of phosphoric acid groups is 1. The van der Waals surface area contributed by atoms with Crippen LogP contribution in [0.2, 0.25) is 0 Å². The van der Waals surface area contributed by atoms with Crippen LogP contribution in [0.3, 0.4) is 0 Å². The highest BCUT2D eigenvalue weighted by molar-refractivity contribution is 7.47. The lowest BCUT2D eigenvalue weighted by atomic mass is 9.92. The summed E-state index contributed by atoms with van der Waals surface area (Å²) in [6, 6.07) is 0.952. The van der Waals surface area contributed by atoms with Gasteiger partial charge in [0.2, 0.25) is 29.5 Å². The normalized spacial score (nSPS) is 30.4. The number of aliphatic hydroxyl groups excluding tert-OH is 10. The average molecular weight is 1520 g/mol. The molecule has 5 rings (SSSR count). The highest BCUT2D eigenvalue weighted by Crippen LogP contribution is 2.47. The summed E-state index contributed by atoms with van der Waals surface area (Å²) in [5.41, 5.74) is -5.86. The molecule has 4 fully saturated rings. The summed E-state index contributed by atoms with van der Waals surface area (Å²) >= 11 is 0. The fourth-order valence-electron chi connectivity index (χ4n) is 11.5. The molecule has 600 valence electrons. The topological polar surface area (TPSA) is 551 Å². The van der Waals surface area contributed by atoms with Gasteiger partial charge in [-0.2, -0.15) is 0 Å². The SMILES string of the molecule is CC1[C@H](OCCCNC(=O)CCOCC(COCCC(=O)NCCCO[C@@H]2OC(CO)[C@H](O)[C@H](O)C2C)(COCCC(=O)NCCCO[C@@H]2OC(CO)[C@H](O)[C@H](O)C2C)NC(=O)CCCC(=O)NCCCCCCOP(=O)(O)OC[C@H]2O[C@@H](n3ccc(=O)[nH]c3=O)[C@](C)(F)[C@@H]2O)OC(CO)[C@H](O)[C@@H]1O. The third-order valence-electron chi connectivity index (χ3n) is 18.0. The molecule has 7 unspecified atom stereocenters. The Morgan fingerprint density at radius 3 is 1.34 bits per heavy atom. The first-order valence-corrected chi connectivity index (χ1v) is 36.8. The molecule has 0 aromatic carbocycles. The van der Waals surface area contributed by atoms with Gasteiger partial charge in [-0.25, -0.2) is 13.8 Å². The number of phosphoric ester groups is 1. The van der Waals surface area contributed by atoms with Crippen LogP contribution in [0.15, 0.2) is 21.9 Å². The van der Waals surface area contributed by atoms with Crippen LogP contribution in [-0.4, -0.2) is 311 Å². The third kappa shape index (κ3) is 29.3. The van der Waals surface area contributed by atoms with E-state index in [-0.39, 0.29) is 137 Å². The van der Waals surface area contributed by atoms with Gasteiger partial charge in [-0.15, -0.1) is 0 Å². The highest BCUT2D eigenvalue weighted by Gasteiger charge is 2.56. The van der Waals surface area contributed by atoms with Crippen LogP contribution in [-0.2, 0) is 85.0 Å². The van der Waals surface area contributed by atoms with E-state index in [1.54, 1.807) is 20.8 Å². The Morgan fingerprint density at radius 1 is 0.529 bits per heavy atom. The second-order valence-electron chi connectivity index (χ2n) is 26.5. The van der Waals surface area contributed by atoms with Crippen LogP contribution in [0, 0.1) is 17.8 Å². The zero-order valence-electron chi connectivity index (χ0n) is 59.3. The average Bonchev–Trinajstić information content (AvgIpc) is 1.63. The monoisotopic (exact) mass is 1520 g/mol. The molecule has 20 atom stereocenters. The van der Waals surface area contributed by atoms with E-state index in [1.165, 1.54) is 0 Å². The molecule has 0 saturated carbocycles. The molecule has 4 aliphatic rings. The van der Waals surface area contributed by atoms with Crippen LogP contribution in [0.1, 0.15) is 117 Å². The Labute approximate surface area is 601 Å². The molecule has 17 N–H and O–H groups in total. The van der Waals surface area contributed by atoms with E-state index in [0.29, 0.717) is 44.9 Å². The molecular formula is C64H111FN7O31P. The molecule has 4 saturated heterocycles. The number of hydrogen-bond donors (Lipinski definition) is 17. The van der Waals surface area contributed by atoms with E-state index in [0.717, 1.165) is 23.8 Å². The van der Waals surface area contributed by atoms with E-state index in [1.807, 2.05) is 4.98 Å². The number of halogens is 1. The summed E-state index contributed by atoms with van der Waals surface area (Å²) in [7, 11) is -4.73. The second kappa shape index (κ2) is 45.9. The molecule has 0 radical (unpaired) electrons. The quantitative estimate of drug-likeness (QED) is 0.0215. The number of H-pyrrole nitrogens is 1. The maximum Gasteiger partial charge on any atom is 0.472 e. The maximum atomic E-state index is 15.5. The van der Waals surface area contributed by atoms with E-state index in [9.17, 15) is 94.1 Å². The zero-order valence-corrected chi connectivity index (χ0v) is 60.2. The van der Waals surface area contributed by atoms with Crippen LogP contribution < -0.4 is 37.8 Å². The molecule has 104 heavy (non-hydrogen) atoms. The summed E-state index contributed by atoms with van der Waals surface area (Å²) in [6.45, 7) is 2.62. The molecule has 1 aromatic heterocycles. The number of rotatable bonds is 50. The summed E-state index contributed by atoms with van der Waals surface area (Å²) in [5, 5.41) is 115. The highest BCUT2D eigenvalue weighted by atomic mass is 31.2. The Hall–Kier alpha value is -4.73. The van der Waals surface area contributed by atoms with Crippen LogP contribution in [0.25, 0.3) is 0 Å². The maximum absolute atomic E-state index is 15.5. The number of aliphatic hydroxyl groups is 10. The van der Waals surface area contributed by atoms with Gasteiger partial charge in [0.15, 0.2) is 30.8 Å². The van der Waals surface area contributed by atoms with Crippen LogP contribution in [0.4, 0.5) is 4.39 Å². The van der Waals surface area contributed by atoms with Crippen molar-refractivity contribution in [1.29, 1.82) is 0 Å². The Kier molecular flexibility index (Phi) is 39.7. The van der Waals surface area contributed by atoms with Gasteiger partial charge < -0.3 is 130 Å². The number of nitrogens with zero attached hydrogens (tertiary/aromatic N) is 1. The number of aromatic nitrogens is 2. The standard InChI is InChI=1S/C64H111FN7O31P/c1-38-51(82)54(85)41(31-73)100-58(38)95-24-10-20-67-46(77)16-28-92-35-64(36-93-29-17-47(78)68-21-11-25-96-59-39(2)52(83)55(86)42(32-74)101-59,37-94-30-18-48(79)69-22-12-26-97-60-40(3)53(84)56(87)43(33-75)102-60)71-50(81)14-9-13-45(76)66-19-7-5-6-8-27-98-104(90,91)99-34-44-57(88)63(4,65)61(103-44)72-23-15-49(80)70-62(72)89/h15,23,38-44,51-61,73-75,82-88H,5-14,16-22,24-37H2,1-4H3,(H,66,76)(H,67,77)(H,68,78)(H,69,79)(H,71,81)(H,90,91)(H,70,80,89)/t38?,39?,40?,41?,42?,43?,44-,51-,52-,53-,54+,55+,56+,57-,58-,59-,60-,61-,63-,64?/m1/s1.